The number of benzene rings is 1. The molecule has 1 amide bonds. The van der Waals surface area contributed by atoms with Gasteiger partial charge in [0.2, 0.25) is 5.91 Å². The van der Waals surface area contributed by atoms with Crippen molar-refractivity contribution in [1.82, 2.24) is 4.90 Å². The molecular weight excluding hydrogens is 245 g/mol. The smallest absolute Gasteiger partial charge is 0.222 e. The molecular formula is C15H20FNO2. The van der Waals surface area contributed by atoms with Crippen LogP contribution in [-0.2, 0) is 16.0 Å². The van der Waals surface area contributed by atoms with Gasteiger partial charge in [-0.15, -0.1) is 0 Å². The quantitative estimate of drug-likeness (QED) is 0.836. The van der Waals surface area contributed by atoms with Gasteiger partial charge >= 0.3 is 0 Å². The predicted molar refractivity (Wildman–Crippen MR) is 71.3 cm³/mol. The molecule has 1 saturated heterocycles. The molecule has 0 N–H and O–H groups in total. The van der Waals surface area contributed by atoms with E-state index in [1.807, 2.05) is 17.9 Å². The van der Waals surface area contributed by atoms with Crippen molar-refractivity contribution in [2.75, 3.05) is 19.8 Å². The molecule has 0 aliphatic carbocycles. The standard InChI is InChI=1S/C15H20FNO2/c1-12-11-19-10-9-17(12)15(18)8-4-6-13-5-2-3-7-14(13)16/h2-3,5,7,12H,4,6,8-11H2,1H3. The number of halogens is 1. The zero-order valence-electron chi connectivity index (χ0n) is 11.3. The van der Waals surface area contributed by atoms with Gasteiger partial charge in [0.15, 0.2) is 0 Å². The van der Waals surface area contributed by atoms with E-state index in [1.54, 1.807) is 12.1 Å². The van der Waals surface area contributed by atoms with E-state index in [1.165, 1.54) is 6.07 Å². The van der Waals surface area contributed by atoms with Crippen molar-refractivity contribution >= 4 is 5.91 Å². The molecule has 0 radical (unpaired) electrons. The largest absolute Gasteiger partial charge is 0.377 e. The number of rotatable bonds is 4. The molecule has 0 saturated carbocycles. The molecule has 3 nitrogen and oxygen atoms in total. The molecule has 1 fully saturated rings. The first-order valence-electron chi connectivity index (χ1n) is 6.79. The highest BCUT2D eigenvalue weighted by molar-refractivity contribution is 5.76. The molecule has 0 aromatic heterocycles. The summed E-state index contributed by atoms with van der Waals surface area (Å²) in [5.74, 6) is -0.0400. The molecule has 19 heavy (non-hydrogen) atoms. The molecule has 1 aliphatic heterocycles. The van der Waals surface area contributed by atoms with Crippen molar-refractivity contribution < 1.29 is 13.9 Å². The second-order valence-corrected chi connectivity index (χ2v) is 4.96. The second kappa shape index (κ2) is 6.66. The second-order valence-electron chi connectivity index (χ2n) is 4.96. The van der Waals surface area contributed by atoms with Gasteiger partial charge in [0, 0.05) is 13.0 Å². The average molecular weight is 265 g/mol. The minimum Gasteiger partial charge on any atom is -0.377 e. The fraction of sp³-hybridized carbons (Fsp3) is 0.533. The molecule has 1 heterocycles. The summed E-state index contributed by atoms with van der Waals surface area (Å²) in [6.07, 6.45) is 1.76. The maximum Gasteiger partial charge on any atom is 0.222 e. The Morgan fingerprint density at radius 2 is 2.26 bits per heavy atom. The number of nitrogens with zero attached hydrogens (tertiary/aromatic N) is 1. The third-order valence-electron chi connectivity index (χ3n) is 3.48. The van der Waals surface area contributed by atoms with Gasteiger partial charge in [-0.25, -0.2) is 4.39 Å². The van der Waals surface area contributed by atoms with Gasteiger partial charge in [0.1, 0.15) is 5.82 Å². The van der Waals surface area contributed by atoms with Gasteiger partial charge in [-0.05, 0) is 31.4 Å². The first kappa shape index (κ1) is 14.0. The zero-order chi connectivity index (χ0) is 13.7. The Balaban J connectivity index is 1.79. The highest BCUT2D eigenvalue weighted by atomic mass is 19.1. The van der Waals surface area contributed by atoms with E-state index in [0.717, 1.165) is 0 Å². The van der Waals surface area contributed by atoms with E-state index in [9.17, 15) is 9.18 Å². The normalized spacial score (nSPS) is 19.5. The first-order valence-corrected chi connectivity index (χ1v) is 6.79. The summed E-state index contributed by atoms with van der Waals surface area (Å²) >= 11 is 0. The van der Waals surface area contributed by atoms with Crippen LogP contribution in [0.4, 0.5) is 4.39 Å². The minimum absolute atomic E-state index is 0.145. The van der Waals surface area contributed by atoms with Crippen LogP contribution in [0.25, 0.3) is 0 Å². The lowest BCUT2D eigenvalue weighted by atomic mass is 10.1. The molecule has 104 valence electrons. The highest BCUT2D eigenvalue weighted by Crippen LogP contribution is 2.13. The summed E-state index contributed by atoms with van der Waals surface area (Å²) in [7, 11) is 0. The Bertz CT molecular complexity index is 436. The van der Waals surface area contributed by atoms with E-state index in [4.69, 9.17) is 4.74 Å². The van der Waals surface area contributed by atoms with E-state index >= 15 is 0 Å². The molecule has 1 aromatic rings. The van der Waals surface area contributed by atoms with Gasteiger partial charge in [0.25, 0.3) is 0 Å². The Morgan fingerprint density at radius 1 is 1.47 bits per heavy atom. The molecule has 1 atom stereocenters. The molecule has 1 aromatic carbocycles. The number of aryl methyl sites for hydroxylation is 1. The van der Waals surface area contributed by atoms with Crippen molar-refractivity contribution in [3.63, 3.8) is 0 Å². The monoisotopic (exact) mass is 265 g/mol. The number of carbonyl (C=O) groups excluding carboxylic acids is 1. The maximum absolute atomic E-state index is 13.4. The number of carbonyl (C=O) groups is 1. The Morgan fingerprint density at radius 3 is 3.00 bits per heavy atom. The van der Waals surface area contributed by atoms with Crippen LogP contribution in [0.1, 0.15) is 25.3 Å². The van der Waals surface area contributed by atoms with Crippen molar-refractivity contribution in [3.8, 4) is 0 Å². The zero-order valence-corrected chi connectivity index (χ0v) is 11.3. The third kappa shape index (κ3) is 3.77. The summed E-state index contributed by atoms with van der Waals surface area (Å²) in [6, 6.07) is 6.89. The van der Waals surface area contributed by atoms with Crippen LogP contribution < -0.4 is 0 Å². The van der Waals surface area contributed by atoms with E-state index in [0.29, 0.717) is 44.6 Å². The minimum atomic E-state index is -0.185. The van der Waals surface area contributed by atoms with Crippen LogP contribution >= 0.6 is 0 Å². The first-order chi connectivity index (χ1) is 9.18. The van der Waals surface area contributed by atoms with Crippen molar-refractivity contribution in [1.29, 1.82) is 0 Å². The summed E-state index contributed by atoms with van der Waals surface area (Å²) < 4.78 is 18.7. The van der Waals surface area contributed by atoms with Crippen LogP contribution in [0, 0.1) is 5.82 Å². The number of hydrogen-bond donors (Lipinski definition) is 0. The van der Waals surface area contributed by atoms with E-state index < -0.39 is 0 Å². The van der Waals surface area contributed by atoms with Gasteiger partial charge < -0.3 is 9.64 Å². The summed E-state index contributed by atoms with van der Waals surface area (Å²) in [5, 5.41) is 0. The van der Waals surface area contributed by atoms with Crippen LogP contribution in [0.3, 0.4) is 0 Å². The van der Waals surface area contributed by atoms with Crippen LogP contribution in [0.5, 0.6) is 0 Å². The fourth-order valence-electron chi connectivity index (χ4n) is 2.37. The Kier molecular flexibility index (Phi) is 4.91. The lowest BCUT2D eigenvalue weighted by molar-refractivity contribution is -0.139. The molecule has 0 spiro atoms. The van der Waals surface area contributed by atoms with Crippen molar-refractivity contribution in [2.24, 2.45) is 0 Å². The maximum atomic E-state index is 13.4. The van der Waals surface area contributed by atoms with E-state index in [-0.39, 0.29) is 17.8 Å². The van der Waals surface area contributed by atoms with Crippen molar-refractivity contribution in [3.05, 3.63) is 35.6 Å². The van der Waals surface area contributed by atoms with Crippen LogP contribution in [-0.4, -0.2) is 36.6 Å². The topological polar surface area (TPSA) is 29.5 Å². The SMILES string of the molecule is CC1COCCN1C(=O)CCCc1ccccc1F. The van der Waals surface area contributed by atoms with Crippen LogP contribution in [0.15, 0.2) is 24.3 Å². The number of ether oxygens (including phenoxy) is 1. The van der Waals surface area contributed by atoms with E-state index in [2.05, 4.69) is 0 Å². The molecule has 4 heteroatoms. The Labute approximate surface area is 113 Å². The highest BCUT2D eigenvalue weighted by Gasteiger charge is 2.22. The number of amides is 1. The summed E-state index contributed by atoms with van der Waals surface area (Å²) in [4.78, 5) is 13.9. The van der Waals surface area contributed by atoms with Crippen LogP contribution in [0.2, 0.25) is 0 Å². The molecule has 2 rings (SSSR count). The molecule has 1 aliphatic rings. The molecule has 0 bridgehead atoms. The molecule has 1 unspecified atom stereocenters. The lowest BCUT2D eigenvalue weighted by Gasteiger charge is -2.33. The lowest BCUT2D eigenvalue weighted by Crippen LogP contribution is -2.47. The number of hydrogen-bond acceptors (Lipinski definition) is 2. The predicted octanol–water partition coefficient (Wildman–Crippen LogP) is 2.40. The van der Waals surface area contributed by atoms with Gasteiger partial charge in [0.05, 0.1) is 19.3 Å². The fourth-order valence-corrected chi connectivity index (χ4v) is 2.37. The van der Waals surface area contributed by atoms with Gasteiger partial charge in [-0.3, -0.25) is 4.79 Å². The summed E-state index contributed by atoms with van der Waals surface area (Å²) in [5.41, 5.74) is 0.685. The number of morpholine rings is 1. The Hall–Kier alpha value is -1.42. The average Bonchev–Trinajstić information content (AvgIpc) is 2.41. The van der Waals surface area contributed by atoms with Crippen molar-refractivity contribution in [2.45, 2.75) is 32.2 Å². The summed E-state index contributed by atoms with van der Waals surface area (Å²) in [6.45, 7) is 3.88. The van der Waals surface area contributed by atoms with Gasteiger partial charge in [-0.1, -0.05) is 18.2 Å². The third-order valence-corrected chi connectivity index (χ3v) is 3.48. The van der Waals surface area contributed by atoms with Gasteiger partial charge in [-0.2, -0.15) is 0 Å².